The molecule has 0 spiro atoms. The number of hydrogen-bond acceptors (Lipinski definition) is 3. The molecule has 1 aromatic heterocycles. The Morgan fingerprint density at radius 2 is 2.17 bits per heavy atom. The molecule has 24 heavy (non-hydrogen) atoms. The average Bonchev–Trinajstić information content (AvgIpc) is 3.17. The van der Waals surface area contributed by atoms with Gasteiger partial charge in [-0.25, -0.2) is 4.98 Å². The lowest BCUT2D eigenvalue weighted by molar-refractivity contribution is 0.0899. The summed E-state index contributed by atoms with van der Waals surface area (Å²) < 4.78 is 1.88. The lowest BCUT2D eigenvalue weighted by Crippen LogP contribution is -2.41. The van der Waals surface area contributed by atoms with E-state index in [1.807, 2.05) is 35.0 Å². The number of nitrogens with one attached hydrogen (secondary N) is 1. The fourth-order valence-electron chi connectivity index (χ4n) is 3.57. The number of carbonyl (C=O) groups is 1. The summed E-state index contributed by atoms with van der Waals surface area (Å²) in [6.45, 7) is 0.108. The monoisotopic (exact) mass is 327 g/mol. The third kappa shape index (κ3) is 4.03. The Labute approximate surface area is 142 Å². The predicted molar refractivity (Wildman–Crippen MR) is 93.1 cm³/mol. The van der Waals surface area contributed by atoms with Crippen LogP contribution in [0.2, 0.25) is 0 Å². The standard InChI is InChI=1S/C19H25N3O2/c23-12-9-18(15-5-2-1-3-6-15)21-19(24)16-7-4-8-17(13-16)22-11-10-20-14-22/h4,7-8,10-11,13-15,18,23H,1-3,5-6,9,12H2,(H,21,24). The summed E-state index contributed by atoms with van der Waals surface area (Å²) in [4.78, 5) is 16.7. The van der Waals surface area contributed by atoms with Crippen LogP contribution in [-0.2, 0) is 0 Å². The van der Waals surface area contributed by atoms with Gasteiger partial charge in [-0.05, 0) is 43.4 Å². The van der Waals surface area contributed by atoms with Gasteiger partial charge in [0.05, 0.1) is 6.33 Å². The highest BCUT2D eigenvalue weighted by Crippen LogP contribution is 2.28. The number of benzene rings is 1. The number of hydrogen-bond donors (Lipinski definition) is 2. The average molecular weight is 327 g/mol. The van der Waals surface area contributed by atoms with Crippen LogP contribution in [0.5, 0.6) is 0 Å². The van der Waals surface area contributed by atoms with E-state index in [2.05, 4.69) is 10.3 Å². The summed E-state index contributed by atoms with van der Waals surface area (Å²) in [5.74, 6) is 0.410. The molecule has 1 atom stereocenters. The van der Waals surface area contributed by atoms with Gasteiger partial charge in [-0.2, -0.15) is 0 Å². The molecule has 1 fully saturated rings. The van der Waals surface area contributed by atoms with Crippen LogP contribution in [0.4, 0.5) is 0 Å². The topological polar surface area (TPSA) is 67.2 Å². The summed E-state index contributed by atoms with van der Waals surface area (Å²) in [5.41, 5.74) is 1.55. The van der Waals surface area contributed by atoms with Crippen molar-refractivity contribution in [3.05, 3.63) is 48.5 Å². The van der Waals surface area contributed by atoms with Crippen molar-refractivity contribution in [2.24, 2.45) is 5.92 Å². The number of aliphatic hydroxyl groups excluding tert-OH is 1. The summed E-state index contributed by atoms with van der Waals surface area (Å²) >= 11 is 0. The lowest BCUT2D eigenvalue weighted by Gasteiger charge is -2.30. The molecule has 1 aliphatic carbocycles. The number of imidazole rings is 1. The Morgan fingerprint density at radius 3 is 2.88 bits per heavy atom. The van der Waals surface area contributed by atoms with E-state index in [9.17, 15) is 9.90 Å². The zero-order chi connectivity index (χ0) is 16.8. The van der Waals surface area contributed by atoms with E-state index < -0.39 is 0 Å². The fourth-order valence-corrected chi connectivity index (χ4v) is 3.57. The summed E-state index contributed by atoms with van der Waals surface area (Å²) in [6.07, 6.45) is 11.9. The maximum Gasteiger partial charge on any atom is 0.251 e. The minimum Gasteiger partial charge on any atom is -0.396 e. The molecule has 0 bridgehead atoms. The van der Waals surface area contributed by atoms with Crippen molar-refractivity contribution in [2.45, 2.75) is 44.6 Å². The lowest BCUT2D eigenvalue weighted by atomic mass is 9.82. The SMILES string of the molecule is O=C(NC(CCO)C1CCCCC1)c1cccc(-n2ccnc2)c1. The number of carbonyl (C=O) groups excluding carboxylic acids is 1. The fraction of sp³-hybridized carbons (Fsp3) is 0.474. The molecular weight excluding hydrogens is 302 g/mol. The van der Waals surface area contributed by atoms with Crippen LogP contribution in [0.15, 0.2) is 43.0 Å². The quantitative estimate of drug-likeness (QED) is 0.857. The van der Waals surface area contributed by atoms with Crippen LogP contribution in [0.3, 0.4) is 0 Å². The number of aliphatic hydroxyl groups is 1. The molecule has 1 heterocycles. The molecule has 0 aliphatic heterocycles. The first-order chi connectivity index (χ1) is 11.8. The van der Waals surface area contributed by atoms with E-state index in [1.54, 1.807) is 12.5 Å². The molecule has 5 heteroatoms. The van der Waals surface area contributed by atoms with Gasteiger partial charge in [0.2, 0.25) is 0 Å². The Hall–Kier alpha value is -2.14. The zero-order valence-corrected chi connectivity index (χ0v) is 13.9. The van der Waals surface area contributed by atoms with E-state index in [4.69, 9.17) is 0 Å². The van der Waals surface area contributed by atoms with Gasteiger partial charge < -0.3 is 15.0 Å². The molecule has 128 valence electrons. The molecule has 2 aromatic rings. The van der Waals surface area contributed by atoms with Gasteiger partial charge in [0.1, 0.15) is 0 Å². The van der Waals surface area contributed by atoms with E-state index >= 15 is 0 Å². The molecule has 1 unspecified atom stereocenters. The van der Waals surface area contributed by atoms with Gasteiger partial charge in [-0.15, -0.1) is 0 Å². The number of rotatable bonds is 6. The van der Waals surface area contributed by atoms with Crippen molar-refractivity contribution in [1.82, 2.24) is 14.9 Å². The van der Waals surface area contributed by atoms with Crippen molar-refractivity contribution in [2.75, 3.05) is 6.61 Å². The molecule has 0 radical (unpaired) electrons. The number of amides is 1. The molecule has 1 amide bonds. The predicted octanol–water partition coefficient (Wildman–Crippen LogP) is 2.93. The number of aromatic nitrogens is 2. The van der Waals surface area contributed by atoms with Gasteiger partial charge >= 0.3 is 0 Å². The Morgan fingerprint density at radius 1 is 1.33 bits per heavy atom. The van der Waals surface area contributed by atoms with Crippen LogP contribution in [0, 0.1) is 5.92 Å². The second-order valence-electron chi connectivity index (χ2n) is 6.51. The highest BCUT2D eigenvalue weighted by Gasteiger charge is 2.25. The summed E-state index contributed by atoms with van der Waals surface area (Å²) in [7, 11) is 0. The molecule has 2 N–H and O–H groups in total. The maximum atomic E-state index is 12.7. The Kier molecular flexibility index (Phi) is 5.64. The van der Waals surface area contributed by atoms with Crippen molar-refractivity contribution in [1.29, 1.82) is 0 Å². The Balaban J connectivity index is 1.71. The molecule has 1 aliphatic rings. The van der Waals surface area contributed by atoms with Gasteiger partial charge in [0, 0.05) is 36.3 Å². The van der Waals surface area contributed by atoms with Gasteiger partial charge in [0.15, 0.2) is 0 Å². The first-order valence-electron chi connectivity index (χ1n) is 8.78. The normalized spacial score (nSPS) is 16.7. The first-order valence-corrected chi connectivity index (χ1v) is 8.78. The zero-order valence-electron chi connectivity index (χ0n) is 13.9. The highest BCUT2D eigenvalue weighted by atomic mass is 16.3. The van der Waals surface area contributed by atoms with Gasteiger partial charge in [-0.3, -0.25) is 4.79 Å². The van der Waals surface area contributed by atoms with Crippen LogP contribution in [0.25, 0.3) is 5.69 Å². The maximum absolute atomic E-state index is 12.7. The van der Waals surface area contributed by atoms with Crippen LogP contribution in [0.1, 0.15) is 48.9 Å². The van der Waals surface area contributed by atoms with Crippen molar-refractivity contribution < 1.29 is 9.90 Å². The van der Waals surface area contributed by atoms with Crippen LogP contribution >= 0.6 is 0 Å². The summed E-state index contributed by atoms with van der Waals surface area (Å²) in [6, 6.07) is 7.58. The second-order valence-corrected chi connectivity index (χ2v) is 6.51. The highest BCUT2D eigenvalue weighted by molar-refractivity contribution is 5.94. The van der Waals surface area contributed by atoms with Crippen LogP contribution < -0.4 is 5.32 Å². The largest absolute Gasteiger partial charge is 0.396 e. The molecule has 1 saturated carbocycles. The second kappa shape index (κ2) is 8.11. The van der Waals surface area contributed by atoms with E-state index in [0.29, 0.717) is 17.9 Å². The molecule has 0 saturated heterocycles. The van der Waals surface area contributed by atoms with Gasteiger partial charge in [-0.1, -0.05) is 25.3 Å². The smallest absolute Gasteiger partial charge is 0.251 e. The Bertz CT molecular complexity index is 648. The molecular formula is C19H25N3O2. The molecule has 5 nitrogen and oxygen atoms in total. The van der Waals surface area contributed by atoms with E-state index in [-0.39, 0.29) is 18.6 Å². The van der Waals surface area contributed by atoms with Crippen molar-refractivity contribution in [3.63, 3.8) is 0 Å². The van der Waals surface area contributed by atoms with E-state index in [0.717, 1.165) is 18.5 Å². The van der Waals surface area contributed by atoms with Gasteiger partial charge in [0.25, 0.3) is 5.91 Å². The molecule has 1 aromatic carbocycles. The number of nitrogens with zero attached hydrogens (tertiary/aromatic N) is 2. The van der Waals surface area contributed by atoms with Crippen LogP contribution in [-0.4, -0.2) is 33.2 Å². The minimum atomic E-state index is -0.0685. The van der Waals surface area contributed by atoms with Crippen molar-refractivity contribution in [3.8, 4) is 5.69 Å². The summed E-state index contributed by atoms with van der Waals surface area (Å²) in [5, 5.41) is 12.5. The van der Waals surface area contributed by atoms with Crippen molar-refractivity contribution >= 4 is 5.91 Å². The van der Waals surface area contributed by atoms with E-state index in [1.165, 1.54) is 19.3 Å². The minimum absolute atomic E-state index is 0.0553. The molecule has 3 rings (SSSR count). The first kappa shape index (κ1) is 16.7. The third-order valence-electron chi connectivity index (χ3n) is 4.89. The third-order valence-corrected chi connectivity index (χ3v) is 4.89.